The molecular weight excluding hydrogens is 302 g/mol. The first kappa shape index (κ1) is 17.8. The van der Waals surface area contributed by atoms with Crippen LogP contribution in [0.25, 0.3) is 0 Å². The zero-order chi connectivity index (χ0) is 17.9. The third-order valence-electron chi connectivity index (χ3n) is 3.62. The molecule has 0 aliphatic carbocycles. The van der Waals surface area contributed by atoms with Gasteiger partial charge >= 0.3 is 0 Å². The van der Waals surface area contributed by atoms with E-state index in [4.69, 9.17) is 0 Å². The van der Waals surface area contributed by atoms with E-state index in [1.807, 2.05) is 49.9 Å². The monoisotopic (exact) mass is 329 g/mol. The van der Waals surface area contributed by atoms with Crippen LogP contribution < -0.4 is 19.6 Å². The molecule has 0 saturated heterocycles. The molecule has 0 atom stereocenters. The van der Waals surface area contributed by atoms with Crippen LogP contribution >= 0.6 is 0 Å². The number of nitrogens with zero attached hydrogens (tertiary/aromatic N) is 7. The zero-order valence-corrected chi connectivity index (χ0v) is 15.6. The van der Waals surface area contributed by atoms with Crippen molar-refractivity contribution in [2.24, 2.45) is 0 Å². The second-order valence-electron chi connectivity index (χ2n) is 6.40. The lowest BCUT2D eigenvalue weighted by atomic mass is 10.1. The SMILES string of the molecule is CN(C)c1nc(N(C)C)nc(N(C)Cc2ccccc2N(C)C)n1. The normalized spacial score (nSPS) is 10.5. The summed E-state index contributed by atoms with van der Waals surface area (Å²) in [5, 5.41) is 0. The lowest BCUT2D eigenvalue weighted by Crippen LogP contribution is -2.25. The summed E-state index contributed by atoms with van der Waals surface area (Å²) < 4.78 is 0. The Hall–Kier alpha value is -2.57. The van der Waals surface area contributed by atoms with Crippen LogP contribution in [-0.4, -0.2) is 64.3 Å². The fourth-order valence-corrected chi connectivity index (χ4v) is 2.32. The molecule has 2 aromatic rings. The quantitative estimate of drug-likeness (QED) is 0.799. The van der Waals surface area contributed by atoms with Gasteiger partial charge in [-0.25, -0.2) is 0 Å². The topological polar surface area (TPSA) is 51.6 Å². The Bertz CT molecular complexity index is 656. The molecule has 1 heterocycles. The highest BCUT2D eigenvalue weighted by Gasteiger charge is 2.14. The summed E-state index contributed by atoms with van der Waals surface area (Å²) in [4.78, 5) is 21.6. The minimum absolute atomic E-state index is 0.649. The second-order valence-corrected chi connectivity index (χ2v) is 6.40. The van der Waals surface area contributed by atoms with Gasteiger partial charge in [0, 0.05) is 61.6 Å². The van der Waals surface area contributed by atoms with Crippen molar-refractivity contribution >= 4 is 23.5 Å². The number of rotatable bonds is 6. The van der Waals surface area contributed by atoms with Crippen molar-refractivity contribution in [2.45, 2.75) is 6.54 Å². The van der Waals surface area contributed by atoms with Crippen LogP contribution in [0.3, 0.4) is 0 Å². The minimum Gasteiger partial charge on any atom is -0.377 e. The molecule has 0 bridgehead atoms. The lowest BCUT2D eigenvalue weighted by molar-refractivity contribution is 0.829. The van der Waals surface area contributed by atoms with Crippen molar-refractivity contribution in [3.63, 3.8) is 0 Å². The Morgan fingerprint density at radius 2 is 1.17 bits per heavy atom. The van der Waals surface area contributed by atoms with Crippen LogP contribution in [0.2, 0.25) is 0 Å². The molecule has 0 N–H and O–H groups in total. The Kier molecular flexibility index (Phi) is 5.43. The average Bonchev–Trinajstić information content (AvgIpc) is 2.54. The van der Waals surface area contributed by atoms with Gasteiger partial charge in [0.05, 0.1) is 0 Å². The van der Waals surface area contributed by atoms with E-state index in [1.54, 1.807) is 0 Å². The maximum atomic E-state index is 4.58. The molecule has 0 fully saturated rings. The van der Waals surface area contributed by atoms with Crippen molar-refractivity contribution in [3.8, 4) is 0 Å². The van der Waals surface area contributed by atoms with Gasteiger partial charge in [-0.3, -0.25) is 0 Å². The average molecular weight is 329 g/mol. The molecule has 0 saturated carbocycles. The van der Waals surface area contributed by atoms with E-state index >= 15 is 0 Å². The molecule has 7 heteroatoms. The van der Waals surface area contributed by atoms with Gasteiger partial charge in [0.15, 0.2) is 0 Å². The smallest absolute Gasteiger partial charge is 0.232 e. The molecule has 1 aromatic carbocycles. The molecular formula is C17H27N7. The number of anilines is 4. The van der Waals surface area contributed by atoms with E-state index in [1.165, 1.54) is 11.3 Å². The molecule has 24 heavy (non-hydrogen) atoms. The summed E-state index contributed by atoms with van der Waals surface area (Å²) in [5.41, 5.74) is 2.42. The summed E-state index contributed by atoms with van der Waals surface area (Å²) >= 11 is 0. The minimum atomic E-state index is 0.649. The van der Waals surface area contributed by atoms with Crippen LogP contribution in [-0.2, 0) is 6.54 Å². The van der Waals surface area contributed by atoms with Crippen LogP contribution in [0.15, 0.2) is 24.3 Å². The summed E-state index contributed by atoms with van der Waals surface area (Å²) in [6, 6.07) is 8.36. The van der Waals surface area contributed by atoms with Gasteiger partial charge in [-0.15, -0.1) is 0 Å². The molecule has 0 amide bonds. The third-order valence-corrected chi connectivity index (χ3v) is 3.62. The van der Waals surface area contributed by atoms with Gasteiger partial charge in [0.25, 0.3) is 0 Å². The van der Waals surface area contributed by atoms with Gasteiger partial charge in [0.1, 0.15) is 0 Å². The number of hydrogen-bond donors (Lipinski definition) is 0. The summed E-state index contributed by atoms with van der Waals surface area (Å²) in [6.07, 6.45) is 0. The number of para-hydroxylation sites is 1. The molecule has 0 aliphatic rings. The molecule has 2 rings (SSSR count). The fourth-order valence-electron chi connectivity index (χ4n) is 2.32. The van der Waals surface area contributed by atoms with Gasteiger partial charge in [-0.2, -0.15) is 15.0 Å². The van der Waals surface area contributed by atoms with Crippen LogP contribution in [0.4, 0.5) is 23.5 Å². The van der Waals surface area contributed by atoms with E-state index in [2.05, 4.69) is 58.2 Å². The maximum Gasteiger partial charge on any atom is 0.232 e. The van der Waals surface area contributed by atoms with Crippen molar-refractivity contribution in [2.75, 3.05) is 68.9 Å². The summed E-state index contributed by atoms with van der Waals surface area (Å²) in [6.45, 7) is 0.720. The highest BCUT2D eigenvalue weighted by atomic mass is 15.4. The van der Waals surface area contributed by atoms with Crippen molar-refractivity contribution in [1.82, 2.24) is 15.0 Å². The van der Waals surface area contributed by atoms with Crippen molar-refractivity contribution < 1.29 is 0 Å². The van der Waals surface area contributed by atoms with Crippen LogP contribution in [0.1, 0.15) is 5.56 Å². The van der Waals surface area contributed by atoms with E-state index in [0.717, 1.165) is 6.54 Å². The van der Waals surface area contributed by atoms with Crippen molar-refractivity contribution in [3.05, 3.63) is 29.8 Å². The van der Waals surface area contributed by atoms with E-state index in [9.17, 15) is 0 Å². The van der Waals surface area contributed by atoms with E-state index in [-0.39, 0.29) is 0 Å². The molecule has 7 nitrogen and oxygen atoms in total. The lowest BCUT2D eigenvalue weighted by Gasteiger charge is -2.24. The fraction of sp³-hybridized carbons (Fsp3) is 0.471. The van der Waals surface area contributed by atoms with Crippen molar-refractivity contribution in [1.29, 1.82) is 0 Å². The molecule has 0 radical (unpaired) electrons. The van der Waals surface area contributed by atoms with Gasteiger partial charge < -0.3 is 19.6 Å². The van der Waals surface area contributed by atoms with Crippen LogP contribution in [0, 0.1) is 0 Å². The highest BCUT2D eigenvalue weighted by molar-refractivity contribution is 5.54. The number of hydrogen-bond acceptors (Lipinski definition) is 7. The second kappa shape index (κ2) is 7.33. The van der Waals surface area contributed by atoms with Gasteiger partial charge in [0.2, 0.25) is 17.8 Å². The number of benzene rings is 1. The predicted molar refractivity (Wildman–Crippen MR) is 101 cm³/mol. The number of aromatic nitrogens is 3. The van der Waals surface area contributed by atoms with Crippen LogP contribution in [0.5, 0.6) is 0 Å². The molecule has 0 spiro atoms. The molecule has 0 aliphatic heterocycles. The predicted octanol–water partition coefficient (Wildman–Crippen LogP) is 1.71. The first-order chi connectivity index (χ1) is 11.3. The first-order valence-electron chi connectivity index (χ1n) is 7.86. The first-order valence-corrected chi connectivity index (χ1v) is 7.86. The Labute approximate surface area is 144 Å². The Morgan fingerprint density at radius 3 is 1.67 bits per heavy atom. The Morgan fingerprint density at radius 1 is 0.667 bits per heavy atom. The van der Waals surface area contributed by atoms with E-state index < -0.39 is 0 Å². The molecule has 0 unspecified atom stereocenters. The van der Waals surface area contributed by atoms with Gasteiger partial charge in [-0.1, -0.05) is 18.2 Å². The standard InChI is InChI=1S/C17H27N7/c1-21(2)14-11-9-8-10-13(14)12-24(7)17-19-15(22(3)4)18-16(20-17)23(5)6/h8-11H,12H2,1-7H3. The molecule has 130 valence electrons. The largest absolute Gasteiger partial charge is 0.377 e. The third kappa shape index (κ3) is 4.04. The Balaban J connectivity index is 2.34. The summed E-state index contributed by atoms with van der Waals surface area (Å²) in [5.74, 6) is 1.96. The maximum absolute atomic E-state index is 4.58. The molecule has 1 aromatic heterocycles. The van der Waals surface area contributed by atoms with Gasteiger partial charge in [-0.05, 0) is 11.6 Å². The zero-order valence-electron chi connectivity index (χ0n) is 15.6. The highest BCUT2D eigenvalue weighted by Crippen LogP contribution is 2.22. The van der Waals surface area contributed by atoms with E-state index in [0.29, 0.717) is 17.8 Å². The summed E-state index contributed by atoms with van der Waals surface area (Å²) in [7, 11) is 13.8.